The summed E-state index contributed by atoms with van der Waals surface area (Å²) in [7, 11) is 1.87. The van der Waals surface area contributed by atoms with Crippen LogP contribution in [0.5, 0.6) is 0 Å². The molecule has 0 N–H and O–H groups in total. The van der Waals surface area contributed by atoms with Crippen molar-refractivity contribution in [2.75, 3.05) is 7.05 Å². The quantitative estimate of drug-likeness (QED) is 0.843. The largest absolute Gasteiger partial charge is 0.340 e. The molecule has 1 amide bonds. The number of nitrogens with zero attached hydrogens (tertiary/aromatic N) is 3. The molecule has 1 unspecified atom stereocenters. The van der Waals surface area contributed by atoms with E-state index in [2.05, 4.69) is 16.5 Å². The Morgan fingerprint density at radius 3 is 2.81 bits per heavy atom. The highest BCUT2D eigenvalue weighted by Crippen LogP contribution is 2.36. The summed E-state index contributed by atoms with van der Waals surface area (Å²) in [5.41, 5.74) is 1.73. The normalized spacial score (nSPS) is 15.7. The molecule has 0 saturated heterocycles. The summed E-state index contributed by atoms with van der Waals surface area (Å²) in [6, 6.07) is 10.3. The number of amides is 1. The van der Waals surface area contributed by atoms with Crippen molar-refractivity contribution in [2.24, 2.45) is 0 Å². The van der Waals surface area contributed by atoms with Gasteiger partial charge in [-0.05, 0) is 43.5 Å². The predicted octanol–water partition coefficient (Wildman–Crippen LogP) is 3.44. The fraction of sp³-hybridized carbons (Fsp3) is 0.412. The summed E-state index contributed by atoms with van der Waals surface area (Å²) < 4.78 is 2.12. The van der Waals surface area contributed by atoms with Gasteiger partial charge in [0.1, 0.15) is 5.69 Å². The van der Waals surface area contributed by atoms with Crippen molar-refractivity contribution in [2.45, 2.75) is 38.3 Å². The first-order valence-corrected chi connectivity index (χ1v) is 7.57. The molecule has 1 fully saturated rings. The maximum atomic E-state index is 12.8. The van der Waals surface area contributed by atoms with Crippen LogP contribution in [-0.2, 0) is 0 Å². The van der Waals surface area contributed by atoms with Crippen molar-refractivity contribution in [1.29, 1.82) is 0 Å². The minimum absolute atomic E-state index is 0.0150. The number of hydrogen-bond acceptors (Lipinski definition) is 2. The van der Waals surface area contributed by atoms with E-state index in [1.54, 1.807) is 6.20 Å². The molecule has 0 aromatic carbocycles. The molecule has 0 aliphatic heterocycles. The molecule has 0 spiro atoms. The van der Waals surface area contributed by atoms with Crippen LogP contribution in [0.15, 0.2) is 42.7 Å². The van der Waals surface area contributed by atoms with E-state index in [9.17, 15) is 4.79 Å². The molecule has 0 bridgehead atoms. The molecular formula is C17H21N3O. The Balaban J connectivity index is 1.84. The topological polar surface area (TPSA) is 38.1 Å². The first-order valence-electron chi connectivity index (χ1n) is 7.57. The van der Waals surface area contributed by atoms with Crippen molar-refractivity contribution < 1.29 is 4.79 Å². The van der Waals surface area contributed by atoms with E-state index < -0.39 is 0 Å². The Morgan fingerprint density at radius 2 is 2.19 bits per heavy atom. The number of hydrogen-bond donors (Lipinski definition) is 0. The lowest BCUT2D eigenvalue weighted by Gasteiger charge is -2.27. The molecule has 2 heterocycles. The first-order chi connectivity index (χ1) is 10.2. The van der Waals surface area contributed by atoms with Gasteiger partial charge in [-0.15, -0.1) is 0 Å². The van der Waals surface area contributed by atoms with Crippen LogP contribution in [-0.4, -0.2) is 27.4 Å². The Bertz CT molecular complexity index is 616. The zero-order valence-corrected chi connectivity index (χ0v) is 12.6. The van der Waals surface area contributed by atoms with E-state index in [0.717, 1.165) is 17.8 Å². The zero-order valence-electron chi connectivity index (χ0n) is 12.6. The van der Waals surface area contributed by atoms with E-state index in [-0.39, 0.29) is 11.9 Å². The lowest BCUT2D eigenvalue weighted by atomic mass is 10.1. The predicted molar refractivity (Wildman–Crippen MR) is 82.1 cm³/mol. The zero-order chi connectivity index (χ0) is 14.8. The molecule has 4 nitrogen and oxygen atoms in total. The summed E-state index contributed by atoms with van der Waals surface area (Å²) >= 11 is 0. The second kappa shape index (κ2) is 5.72. The van der Waals surface area contributed by atoms with Crippen molar-refractivity contribution >= 4 is 5.91 Å². The van der Waals surface area contributed by atoms with Gasteiger partial charge in [-0.3, -0.25) is 9.78 Å². The van der Waals surface area contributed by atoms with Crippen LogP contribution in [0.3, 0.4) is 0 Å². The van der Waals surface area contributed by atoms with Crippen molar-refractivity contribution in [1.82, 2.24) is 14.5 Å². The highest BCUT2D eigenvalue weighted by Gasteiger charge is 2.29. The van der Waals surface area contributed by atoms with Gasteiger partial charge in [-0.2, -0.15) is 0 Å². The molecule has 21 heavy (non-hydrogen) atoms. The molecule has 4 heteroatoms. The van der Waals surface area contributed by atoms with E-state index in [1.807, 2.05) is 48.5 Å². The molecule has 1 aliphatic carbocycles. The van der Waals surface area contributed by atoms with Gasteiger partial charge < -0.3 is 9.47 Å². The van der Waals surface area contributed by atoms with Crippen LogP contribution >= 0.6 is 0 Å². The standard InChI is InChI=1S/C17H21N3O/c1-3-15(14-7-4-5-11-18-14)19(2)17(21)16-8-6-12-20(16)13-9-10-13/h4-8,11-13,15H,3,9-10H2,1-2H3. The summed E-state index contributed by atoms with van der Waals surface area (Å²) in [6.07, 6.45) is 7.00. The Hall–Kier alpha value is -2.10. The van der Waals surface area contributed by atoms with Gasteiger partial charge in [0, 0.05) is 25.5 Å². The molecule has 1 saturated carbocycles. The average Bonchev–Trinajstić information content (AvgIpc) is 3.25. The van der Waals surface area contributed by atoms with Crippen LogP contribution in [0.1, 0.15) is 54.5 Å². The second-order valence-corrected chi connectivity index (χ2v) is 5.63. The number of pyridine rings is 1. The summed E-state index contributed by atoms with van der Waals surface area (Å²) in [4.78, 5) is 19.0. The minimum atomic E-state index is 0.0150. The molecule has 1 atom stereocenters. The lowest BCUT2D eigenvalue weighted by molar-refractivity contribution is 0.0711. The van der Waals surface area contributed by atoms with E-state index in [4.69, 9.17) is 0 Å². The summed E-state index contributed by atoms with van der Waals surface area (Å²) in [5, 5.41) is 0. The third kappa shape index (κ3) is 2.71. The Morgan fingerprint density at radius 1 is 1.38 bits per heavy atom. The number of rotatable bonds is 5. The van der Waals surface area contributed by atoms with Gasteiger partial charge in [-0.25, -0.2) is 0 Å². The van der Waals surface area contributed by atoms with Crippen LogP contribution < -0.4 is 0 Å². The molecule has 1 aliphatic rings. The minimum Gasteiger partial charge on any atom is -0.340 e. The summed E-state index contributed by atoms with van der Waals surface area (Å²) in [6.45, 7) is 2.09. The maximum Gasteiger partial charge on any atom is 0.270 e. The monoisotopic (exact) mass is 283 g/mol. The van der Waals surface area contributed by atoms with Gasteiger partial charge in [0.2, 0.25) is 0 Å². The van der Waals surface area contributed by atoms with Crippen LogP contribution in [0, 0.1) is 0 Å². The van der Waals surface area contributed by atoms with E-state index in [0.29, 0.717) is 6.04 Å². The molecule has 110 valence electrons. The highest BCUT2D eigenvalue weighted by molar-refractivity contribution is 5.93. The van der Waals surface area contributed by atoms with E-state index in [1.165, 1.54) is 12.8 Å². The number of carbonyl (C=O) groups is 1. The third-order valence-corrected chi connectivity index (χ3v) is 4.14. The second-order valence-electron chi connectivity index (χ2n) is 5.63. The number of aromatic nitrogens is 2. The van der Waals surface area contributed by atoms with Gasteiger partial charge in [0.15, 0.2) is 0 Å². The molecule has 2 aromatic rings. The lowest BCUT2D eigenvalue weighted by Crippen LogP contribution is -2.32. The average molecular weight is 283 g/mol. The van der Waals surface area contributed by atoms with Gasteiger partial charge >= 0.3 is 0 Å². The third-order valence-electron chi connectivity index (χ3n) is 4.14. The Kier molecular flexibility index (Phi) is 3.78. The van der Waals surface area contributed by atoms with Gasteiger partial charge in [-0.1, -0.05) is 13.0 Å². The first kappa shape index (κ1) is 13.9. The van der Waals surface area contributed by atoms with Gasteiger partial charge in [0.05, 0.1) is 11.7 Å². The fourth-order valence-electron chi connectivity index (χ4n) is 2.82. The number of carbonyl (C=O) groups excluding carboxylic acids is 1. The van der Waals surface area contributed by atoms with Gasteiger partial charge in [0.25, 0.3) is 5.91 Å². The van der Waals surface area contributed by atoms with Crippen LogP contribution in [0.2, 0.25) is 0 Å². The van der Waals surface area contributed by atoms with Crippen LogP contribution in [0.4, 0.5) is 0 Å². The van der Waals surface area contributed by atoms with Crippen molar-refractivity contribution in [3.05, 3.63) is 54.1 Å². The van der Waals surface area contributed by atoms with Crippen molar-refractivity contribution in [3.8, 4) is 0 Å². The fourth-order valence-corrected chi connectivity index (χ4v) is 2.82. The highest BCUT2D eigenvalue weighted by atomic mass is 16.2. The molecular weight excluding hydrogens is 262 g/mol. The molecule has 0 radical (unpaired) electrons. The van der Waals surface area contributed by atoms with Crippen molar-refractivity contribution in [3.63, 3.8) is 0 Å². The maximum absolute atomic E-state index is 12.8. The smallest absolute Gasteiger partial charge is 0.270 e. The summed E-state index contributed by atoms with van der Waals surface area (Å²) in [5.74, 6) is 0.0735. The molecule has 2 aromatic heterocycles. The van der Waals surface area contributed by atoms with E-state index >= 15 is 0 Å². The Labute approximate surface area is 125 Å². The SMILES string of the molecule is CCC(c1ccccn1)N(C)C(=O)c1cccn1C1CC1. The van der Waals surface area contributed by atoms with Crippen LogP contribution in [0.25, 0.3) is 0 Å². The molecule has 3 rings (SSSR count).